The van der Waals surface area contributed by atoms with E-state index in [1.54, 1.807) is 16.7 Å². The van der Waals surface area contributed by atoms with E-state index >= 15 is 0 Å². The molecule has 1 aliphatic rings. The Balaban J connectivity index is 2.16. The molecule has 2 aromatic carbocycles. The number of nitrogens with zero attached hydrogens (tertiary/aromatic N) is 1. The number of hydrogen-bond donors (Lipinski definition) is 0. The first-order valence-electron chi connectivity index (χ1n) is 5.71. The molecular weight excluding hydrogens is 229 g/mol. The summed E-state index contributed by atoms with van der Waals surface area (Å²) in [6, 6.07) is 13.9. The molecule has 2 nitrogen and oxygen atoms in total. The van der Waals surface area contributed by atoms with Crippen LogP contribution in [0, 0.1) is 5.82 Å². The molecule has 0 saturated carbocycles. The Morgan fingerprint density at radius 3 is 2.56 bits per heavy atom. The Labute approximate surface area is 102 Å². The highest BCUT2D eigenvalue weighted by Crippen LogP contribution is 2.36. The third-order valence-corrected chi connectivity index (χ3v) is 3.40. The minimum atomic E-state index is -0.327. The van der Waals surface area contributed by atoms with Gasteiger partial charge in [-0.15, -0.1) is 0 Å². The lowest BCUT2D eigenvalue weighted by Crippen LogP contribution is -2.05. The van der Waals surface area contributed by atoms with E-state index in [1.807, 2.05) is 24.3 Å². The molecule has 0 bridgehead atoms. The predicted octanol–water partition coefficient (Wildman–Crippen LogP) is 3.45. The van der Waals surface area contributed by atoms with Gasteiger partial charge in [0.25, 0.3) is 5.91 Å². The number of carbonyl (C=O) groups is 1. The largest absolute Gasteiger partial charge is 0.276 e. The van der Waals surface area contributed by atoms with Crippen LogP contribution in [0.3, 0.4) is 0 Å². The smallest absolute Gasteiger partial charge is 0.263 e. The van der Waals surface area contributed by atoms with Crippen molar-refractivity contribution in [2.75, 3.05) is 0 Å². The van der Waals surface area contributed by atoms with Gasteiger partial charge in [0.1, 0.15) is 5.82 Å². The lowest BCUT2D eigenvalue weighted by Gasteiger charge is -1.99. The van der Waals surface area contributed by atoms with Crippen LogP contribution < -0.4 is 0 Å². The van der Waals surface area contributed by atoms with Crippen LogP contribution in [0.15, 0.2) is 48.5 Å². The Morgan fingerprint density at radius 2 is 1.72 bits per heavy atom. The van der Waals surface area contributed by atoms with Gasteiger partial charge in [0, 0.05) is 16.5 Å². The molecule has 3 heteroatoms. The van der Waals surface area contributed by atoms with E-state index < -0.39 is 0 Å². The first-order valence-corrected chi connectivity index (χ1v) is 5.71. The predicted molar refractivity (Wildman–Crippen MR) is 67.1 cm³/mol. The van der Waals surface area contributed by atoms with Crippen LogP contribution in [0.25, 0.3) is 22.2 Å². The summed E-state index contributed by atoms with van der Waals surface area (Å²) in [5.74, 6) is -0.409. The minimum absolute atomic E-state index is 0.0822. The van der Waals surface area contributed by atoms with E-state index in [-0.39, 0.29) is 11.7 Å². The summed E-state index contributed by atoms with van der Waals surface area (Å²) < 4.78 is 14.9. The van der Waals surface area contributed by atoms with Crippen molar-refractivity contribution in [1.82, 2.24) is 4.57 Å². The van der Waals surface area contributed by atoms with E-state index in [2.05, 4.69) is 0 Å². The second kappa shape index (κ2) is 3.07. The minimum Gasteiger partial charge on any atom is -0.276 e. The molecule has 86 valence electrons. The van der Waals surface area contributed by atoms with Gasteiger partial charge in [-0.3, -0.25) is 9.36 Å². The van der Waals surface area contributed by atoms with Gasteiger partial charge in [0.2, 0.25) is 0 Å². The number of fused-ring (bicyclic) bond motifs is 5. The molecule has 0 N–H and O–H groups in total. The lowest BCUT2D eigenvalue weighted by molar-refractivity contribution is 0.0973. The van der Waals surface area contributed by atoms with Gasteiger partial charge in [0.05, 0.1) is 11.2 Å². The molecule has 4 rings (SSSR count). The Bertz CT molecular complexity index is 816. The van der Waals surface area contributed by atoms with Crippen molar-refractivity contribution in [3.05, 3.63) is 59.9 Å². The summed E-state index contributed by atoms with van der Waals surface area (Å²) in [7, 11) is 0. The lowest BCUT2D eigenvalue weighted by atomic mass is 10.1. The van der Waals surface area contributed by atoms with Gasteiger partial charge in [-0.1, -0.05) is 18.2 Å². The molecule has 0 radical (unpaired) electrons. The van der Waals surface area contributed by atoms with Gasteiger partial charge < -0.3 is 0 Å². The van der Waals surface area contributed by atoms with Gasteiger partial charge in [-0.05, 0) is 30.3 Å². The Hall–Kier alpha value is -2.42. The van der Waals surface area contributed by atoms with E-state index in [0.29, 0.717) is 11.1 Å². The van der Waals surface area contributed by atoms with E-state index in [4.69, 9.17) is 0 Å². The Kier molecular flexibility index (Phi) is 1.64. The van der Waals surface area contributed by atoms with Crippen LogP contribution in [-0.4, -0.2) is 10.5 Å². The average molecular weight is 237 g/mol. The highest BCUT2D eigenvalue weighted by atomic mass is 19.1. The van der Waals surface area contributed by atoms with Crippen LogP contribution in [-0.2, 0) is 0 Å². The van der Waals surface area contributed by atoms with Gasteiger partial charge in [-0.25, -0.2) is 4.39 Å². The molecule has 0 unspecified atom stereocenters. The maximum absolute atomic E-state index is 13.3. The van der Waals surface area contributed by atoms with E-state index in [1.165, 1.54) is 12.1 Å². The molecule has 18 heavy (non-hydrogen) atoms. The van der Waals surface area contributed by atoms with E-state index in [9.17, 15) is 9.18 Å². The van der Waals surface area contributed by atoms with Crippen molar-refractivity contribution in [3.63, 3.8) is 0 Å². The fraction of sp³-hybridized carbons (Fsp3) is 0. The van der Waals surface area contributed by atoms with E-state index in [0.717, 1.165) is 16.6 Å². The first kappa shape index (κ1) is 9.59. The highest BCUT2D eigenvalue weighted by Gasteiger charge is 2.27. The van der Waals surface area contributed by atoms with Crippen molar-refractivity contribution in [3.8, 4) is 11.3 Å². The first-order chi connectivity index (χ1) is 8.75. The third-order valence-electron chi connectivity index (χ3n) is 3.40. The SMILES string of the molecule is O=C1c2ccccc2-c2cc3ccc(F)cc3n21. The van der Waals surface area contributed by atoms with Crippen molar-refractivity contribution in [2.45, 2.75) is 0 Å². The van der Waals surface area contributed by atoms with Gasteiger partial charge in [0.15, 0.2) is 0 Å². The number of aromatic nitrogens is 1. The maximum Gasteiger partial charge on any atom is 0.263 e. The van der Waals surface area contributed by atoms with Crippen molar-refractivity contribution in [2.24, 2.45) is 0 Å². The summed E-state index contributed by atoms with van der Waals surface area (Å²) in [6.07, 6.45) is 0. The number of carbonyl (C=O) groups excluding carboxylic acids is 1. The zero-order valence-corrected chi connectivity index (χ0v) is 9.35. The van der Waals surface area contributed by atoms with Crippen molar-refractivity contribution >= 4 is 16.8 Å². The number of rotatable bonds is 0. The van der Waals surface area contributed by atoms with Crippen LogP contribution in [0.4, 0.5) is 4.39 Å². The summed E-state index contributed by atoms with van der Waals surface area (Å²) >= 11 is 0. The molecule has 0 saturated heterocycles. The molecule has 0 amide bonds. The number of hydrogen-bond acceptors (Lipinski definition) is 1. The normalized spacial score (nSPS) is 12.8. The van der Waals surface area contributed by atoms with Crippen LogP contribution >= 0.6 is 0 Å². The summed E-state index contributed by atoms with van der Waals surface area (Å²) in [6.45, 7) is 0. The fourth-order valence-corrected chi connectivity index (χ4v) is 2.60. The quantitative estimate of drug-likeness (QED) is 0.459. The van der Waals surface area contributed by atoms with Crippen molar-refractivity contribution in [1.29, 1.82) is 0 Å². The molecule has 1 aromatic heterocycles. The summed E-state index contributed by atoms with van der Waals surface area (Å²) in [5.41, 5.74) is 3.07. The molecular formula is C15H8FNO. The zero-order valence-electron chi connectivity index (χ0n) is 9.35. The van der Waals surface area contributed by atoms with Gasteiger partial charge in [-0.2, -0.15) is 0 Å². The molecule has 0 spiro atoms. The molecule has 0 fully saturated rings. The zero-order chi connectivity index (χ0) is 12.3. The second-order valence-corrected chi connectivity index (χ2v) is 4.42. The number of halogens is 1. The highest BCUT2D eigenvalue weighted by molar-refractivity contribution is 6.14. The number of benzene rings is 2. The molecule has 1 aliphatic heterocycles. The Morgan fingerprint density at radius 1 is 0.944 bits per heavy atom. The van der Waals surface area contributed by atoms with Crippen LogP contribution in [0.5, 0.6) is 0 Å². The van der Waals surface area contributed by atoms with Crippen LogP contribution in [0.1, 0.15) is 10.4 Å². The molecule has 3 aromatic rings. The molecule has 2 heterocycles. The average Bonchev–Trinajstić information content (AvgIpc) is 2.87. The molecule has 0 aliphatic carbocycles. The standard InChI is InChI=1S/C15H8FNO/c16-10-6-5-9-7-14-11-3-1-2-4-12(11)15(18)17(14)13(9)8-10/h1-8H. The van der Waals surface area contributed by atoms with Crippen LogP contribution in [0.2, 0.25) is 0 Å². The van der Waals surface area contributed by atoms with Gasteiger partial charge >= 0.3 is 0 Å². The fourth-order valence-electron chi connectivity index (χ4n) is 2.60. The second-order valence-electron chi connectivity index (χ2n) is 4.42. The topological polar surface area (TPSA) is 22.0 Å². The summed E-state index contributed by atoms with van der Waals surface area (Å²) in [4.78, 5) is 12.3. The molecule has 0 atom stereocenters. The monoisotopic (exact) mass is 237 g/mol. The maximum atomic E-state index is 13.3. The van der Waals surface area contributed by atoms with Crippen molar-refractivity contribution < 1.29 is 9.18 Å². The third kappa shape index (κ3) is 1.03. The summed E-state index contributed by atoms with van der Waals surface area (Å²) in [5, 5.41) is 0.884.